The van der Waals surface area contributed by atoms with Gasteiger partial charge in [0, 0.05) is 5.92 Å². The molecule has 0 aromatic carbocycles. The molecular weight excluding hydrogens is 168 g/mol. The van der Waals surface area contributed by atoms with E-state index >= 15 is 0 Å². The second kappa shape index (κ2) is 4.02. The molecule has 0 spiro atoms. The largest absolute Gasteiger partial charge is 0.368 e. The van der Waals surface area contributed by atoms with Gasteiger partial charge in [-0.05, 0) is 12.8 Å². The maximum Gasteiger partial charge on any atom is 0.349 e. The molecule has 72 valence electrons. The van der Waals surface area contributed by atoms with Gasteiger partial charge in [0.1, 0.15) is 5.82 Å². The number of hydrogen-bond acceptors (Lipinski definition) is 4. The number of aromatic nitrogens is 3. The van der Waals surface area contributed by atoms with Gasteiger partial charge in [0.2, 0.25) is 5.95 Å². The maximum absolute atomic E-state index is 11.0. The first-order valence-corrected chi connectivity index (χ1v) is 4.41. The third-order valence-electron chi connectivity index (χ3n) is 2.06. The molecule has 0 amide bonds. The van der Waals surface area contributed by atoms with E-state index in [1.807, 2.05) is 13.8 Å². The first-order valence-electron chi connectivity index (χ1n) is 4.41. The topological polar surface area (TPSA) is 84.7 Å². The number of hydrogen-bond donors (Lipinski definition) is 2. The smallest absolute Gasteiger partial charge is 0.349 e. The molecule has 1 aromatic heterocycles. The van der Waals surface area contributed by atoms with Crippen molar-refractivity contribution in [1.82, 2.24) is 15.0 Å². The highest BCUT2D eigenvalue weighted by Gasteiger charge is 2.10. The fourth-order valence-corrected chi connectivity index (χ4v) is 1.29. The Balaban J connectivity index is 3.06. The van der Waals surface area contributed by atoms with Gasteiger partial charge in [0.15, 0.2) is 0 Å². The molecule has 0 saturated heterocycles. The molecular formula is C8H14N4O. The Morgan fingerprint density at radius 1 is 1.38 bits per heavy atom. The molecule has 5 nitrogen and oxygen atoms in total. The molecule has 0 saturated carbocycles. The van der Waals surface area contributed by atoms with E-state index in [9.17, 15) is 4.79 Å². The lowest BCUT2D eigenvalue weighted by Crippen LogP contribution is -2.19. The first kappa shape index (κ1) is 9.70. The summed E-state index contributed by atoms with van der Waals surface area (Å²) in [7, 11) is 0. The number of rotatable bonds is 3. The van der Waals surface area contributed by atoms with E-state index < -0.39 is 5.69 Å². The molecule has 13 heavy (non-hydrogen) atoms. The molecule has 1 aromatic rings. The summed E-state index contributed by atoms with van der Waals surface area (Å²) in [4.78, 5) is 21.0. The Hall–Kier alpha value is -1.39. The van der Waals surface area contributed by atoms with Crippen molar-refractivity contribution in [3.05, 3.63) is 16.3 Å². The molecule has 0 bridgehead atoms. The van der Waals surface area contributed by atoms with Crippen molar-refractivity contribution in [3.8, 4) is 0 Å². The molecule has 0 aliphatic rings. The van der Waals surface area contributed by atoms with E-state index in [1.165, 1.54) is 0 Å². The zero-order chi connectivity index (χ0) is 9.84. The van der Waals surface area contributed by atoms with Gasteiger partial charge in [0.25, 0.3) is 0 Å². The molecule has 0 radical (unpaired) electrons. The summed E-state index contributed by atoms with van der Waals surface area (Å²) in [5.74, 6) is 0.950. The summed E-state index contributed by atoms with van der Waals surface area (Å²) >= 11 is 0. The summed E-state index contributed by atoms with van der Waals surface area (Å²) < 4.78 is 0. The molecule has 0 unspecified atom stereocenters. The van der Waals surface area contributed by atoms with E-state index in [0.717, 1.165) is 12.8 Å². The Bertz CT molecular complexity index is 329. The summed E-state index contributed by atoms with van der Waals surface area (Å²) in [5, 5.41) is 0. The van der Waals surface area contributed by atoms with Crippen LogP contribution >= 0.6 is 0 Å². The van der Waals surface area contributed by atoms with Crippen molar-refractivity contribution in [1.29, 1.82) is 0 Å². The van der Waals surface area contributed by atoms with Crippen LogP contribution in [0.4, 0.5) is 5.95 Å². The standard InChI is InChI=1S/C8H14N4O/c1-3-5(4-2)6-10-7(9)12-8(13)11-6/h5H,3-4H2,1-2H3,(H3,9,10,11,12,13). The average Bonchev–Trinajstić information content (AvgIpc) is 2.04. The highest BCUT2D eigenvalue weighted by molar-refractivity contribution is 5.14. The van der Waals surface area contributed by atoms with Crippen LogP contribution in [0.2, 0.25) is 0 Å². The van der Waals surface area contributed by atoms with Crippen LogP contribution < -0.4 is 11.4 Å². The van der Waals surface area contributed by atoms with Gasteiger partial charge in [-0.3, -0.25) is 4.98 Å². The van der Waals surface area contributed by atoms with Crippen molar-refractivity contribution in [2.45, 2.75) is 32.6 Å². The van der Waals surface area contributed by atoms with Crippen molar-refractivity contribution in [2.24, 2.45) is 0 Å². The van der Waals surface area contributed by atoms with Crippen LogP contribution in [0.25, 0.3) is 0 Å². The normalized spacial score (nSPS) is 10.7. The van der Waals surface area contributed by atoms with Gasteiger partial charge in [0.05, 0.1) is 0 Å². The minimum absolute atomic E-state index is 0.0469. The highest BCUT2D eigenvalue weighted by atomic mass is 16.1. The minimum Gasteiger partial charge on any atom is -0.368 e. The minimum atomic E-state index is -0.422. The predicted molar refractivity (Wildman–Crippen MR) is 50.4 cm³/mol. The van der Waals surface area contributed by atoms with Gasteiger partial charge < -0.3 is 5.73 Å². The molecule has 0 atom stereocenters. The third-order valence-corrected chi connectivity index (χ3v) is 2.06. The lowest BCUT2D eigenvalue weighted by atomic mass is 10.0. The highest BCUT2D eigenvalue weighted by Crippen LogP contribution is 2.17. The van der Waals surface area contributed by atoms with Gasteiger partial charge in [-0.1, -0.05) is 13.8 Å². The lowest BCUT2D eigenvalue weighted by molar-refractivity contribution is 0.595. The Morgan fingerprint density at radius 2 is 2.00 bits per heavy atom. The van der Waals surface area contributed by atoms with Crippen LogP contribution in [0.5, 0.6) is 0 Å². The van der Waals surface area contributed by atoms with Crippen molar-refractivity contribution in [3.63, 3.8) is 0 Å². The molecule has 3 N–H and O–H groups in total. The SMILES string of the molecule is CCC(CC)c1nc(N)nc(=O)[nH]1. The summed E-state index contributed by atoms with van der Waals surface area (Å²) in [5.41, 5.74) is 4.94. The fourth-order valence-electron chi connectivity index (χ4n) is 1.29. The summed E-state index contributed by atoms with van der Waals surface area (Å²) in [6, 6.07) is 0. The second-order valence-electron chi connectivity index (χ2n) is 2.91. The summed E-state index contributed by atoms with van der Waals surface area (Å²) in [6.07, 6.45) is 1.87. The molecule has 0 aliphatic carbocycles. The number of nitrogens with one attached hydrogen (secondary N) is 1. The van der Waals surface area contributed by atoms with Gasteiger partial charge in [-0.15, -0.1) is 0 Å². The molecule has 1 heterocycles. The molecule has 5 heteroatoms. The third kappa shape index (κ3) is 2.27. The van der Waals surface area contributed by atoms with E-state index in [2.05, 4.69) is 15.0 Å². The fraction of sp³-hybridized carbons (Fsp3) is 0.625. The van der Waals surface area contributed by atoms with Crippen LogP contribution in [0.1, 0.15) is 38.4 Å². The molecule has 0 fully saturated rings. The monoisotopic (exact) mass is 182 g/mol. The van der Waals surface area contributed by atoms with Gasteiger partial charge in [-0.25, -0.2) is 4.79 Å². The zero-order valence-corrected chi connectivity index (χ0v) is 7.87. The van der Waals surface area contributed by atoms with Crippen LogP contribution in [-0.2, 0) is 0 Å². The number of H-pyrrole nitrogens is 1. The first-order chi connectivity index (χ1) is 6.17. The second-order valence-corrected chi connectivity index (χ2v) is 2.91. The number of nitrogens with zero attached hydrogens (tertiary/aromatic N) is 2. The zero-order valence-electron chi connectivity index (χ0n) is 7.87. The Morgan fingerprint density at radius 3 is 2.46 bits per heavy atom. The van der Waals surface area contributed by atoms with Gasteiger partial charge in [-0.2, -0.15) is 9.97 Å². The van der Waals surface area contributed by atoms with Gasteiger partial charge >= 0.3 is 5.69 Å². The van der Waals surface area contributed by atoms with Crippen LogP contribution in [-0.4, -0.2) is 15.0 Å². The van der Waals surface area contributed by atoms with Crippen LogP contribution in [0.3, 0.4) is 0 Å². The van der Waals surface area contributed by atoms with Crippen LogP contribution in [0, 0.1) is 0 Å². The van der Waals surface area contributed by atoms with E-state index in [4.69, 9.17) is 5.73 Å². The number of nitrogen functional groups attached to an aromatic ring is 1. The molecule has 1 rings (SSSR count). The maximum atomic E-state index is 11.0. The quantitative estimate of drug-likeness (QED) is 0.718. The number of anilines is 1. The van der Waals surface area contributed by atoms with Crippen molar-refractivity contribution >= 4 is 5.95 Å². The van der Waals surface area contributed by atoms with E-state index in [0.29, 0.717) is 5.82 Å². The van der Waals surface area contributed by atoms with Crippen molar-refractivity contribution in [2.75, 3.05) is 5.73 Å². The summed E-state index contributed by atoms with van der Waals surface area (Å²) in [6.45, 7) is 4.09. The number of nitrogens with two attached hydrogens (primary N) is 1. The average molecular weight is 182 g/mol. The van der Waals surface area contributed by atoms with Crippen molar-refractivity contribution < 1.29 is 0 Å². The van der Waals surface area contributed by atoms with E-state index in [-0.39, 0.29) is 11.9 Å². The molecule has 0 aliphatic heterocycles. The van der Waals surface area contributed by atoms with Crippen LogP contribution in [0.15, 0.2) is 4.79 Å². The van der Waals surface area contributed by atoms with E-state index in [1.54, 1.807) is 0 Å². The Kier molecular flexibility index (Phi) is 3.00. The predicted octanol–water partition coefficient (Wildman–Crippen LogP) is 0.651. The number of aromatic amines is 1. The Labute approximate surface area is 76.4 Å². The lowest BCUT2D eigenvalue weighted by Gasteiger charge is -2.10.